The topological polar surface area (TPSA) is 85.4 Å². The van der Waals surface area contributed by atoms with Gasteiger partial charge in [-0.3, -0.25) is 19.4 Å². The van der Waals surface area contributed by atoms with E-state index in [9.17, 15) is 9.59 Å². The molecule has 0 bridgehead atoms. The van der Waals surface area contributed by atoms with Crippen LogP contribution >= 0.6 is 11.8 Å². The molecule has 2 aromatic rings. The fourth-order valence-corrected chi connectivity index (χ4v) is 4.21. The van der Waals surface area contributed by atoms with Gasteiger partial charge in [0.25, 0.3) is 5.56 Å². The molecule has 2 aliphatic rings. The number of aromatic amines is 1. The Balaban J connectivity index is 1.84. The van der Waals surface area contributed by atoms with Crippen LogP contribution in [0.2, 0.25) is 0 Å². The summed E-state index contributed by atoms with van der Waals surface area (Å²) >= 11 is 1.44. The van der Waals surface area contributed by atoms with Gasteiger partial charge in [-0.2, -0.15) is 0 Å². The monoisotopic (exact) mass is 361 g/mol. The zero-order valence-electron chi connectivity index (χ0n) is 14.0. The summed E-state index contributed by atoms with van der Waals surface area (Å²) in [6.07, 6.45) is 0.842. The highest BCUT2D eigenvalue weighted by Crippen LogP contribution is 2.43. The van der Waals surface area contributed by atoms with Crippen molar-refractivity contribution < 1.29 is 14.3 Å². The Morgan fingerprint density at radius 3 is 2.92 bits per heavy atom. The number of nitrogens with zero attached hydrogens (tertiary/aromatic N) is 1. The Morgan fingerprint density at radius 2 is 2.12 bits per heavy atom. The average Bonchev–Trinajstić information content (AvgIpc) is 3.15. The lowest BCUT2D eigenvalue weighted by Gasteiger charge is -2.16. The lowest BCUT2D eigenvalue weighted by molar-refractivity contribution is -0.113. The van der Waals surface area contributed by atoms with Crippen LogP contribution in [0.4, 0.5) is 5.82 Å². The first-order valence-electron chi connectivity index (χ1n) is 8.24. The van der Waals surface area contributed by atoms with Gasteiger partial charge in [0.1, 0.15) is 5.82 Å². The van der Waals surface area contributed by atoms with E-state index in [0.29, 0.717) is 22.9 Å². The number of nitrogens with one attached hydrogen (secondary N) is 2. The Bertz CT molecular complexity index is 889. The average molecular weight is 361 g/mol. The van der Waals surface area contributed by atoms with Crippen molar-refractivity contribution in [2.75, 3.05) is 17.9 Å². The molecule has 0 aliphatic carbocycles. The summed E-state index contributed by atoms with van der Waals surface area (Å²) in [6.45, 7) is 4.25. The van der Waals surface area contributed by atoms with E-state index >= 15 is 0 Å². The molecule has 8 heteroatoms. The molecule has 0 saturated heterocycles. The third-order valence-corrected chi connectivity index (χ3v) is 5.86. The molecule has 0 unspecified atom stereocenters. The van der Waals surface area contributed by atoms with Crippen LogP contribution in [0.1, 0.15) is 42.7 Å². The molecule has 2 atom stereocenters. The molecule has 3 heterocycles. The Labute approximate surface area is 148 Å². The van der Waals surface area contributed by atoms with E-state index in [1.165, 1.54) is 11.8 Å². The van der Waals surface area contributed by atoms with E-state index in [0.717, 1.165) is 12.0 Å². The molecular formula is C17H19N3O4S. The minimum absolute atomic E-state index is 0.0808. The first kappa shape index (κ1) is 16.1. The van der Waals surface area contributed by atoms with Crippen molar-refractivity contribution in [3.05, 3.63) is 39.7 Å². The summed E-state index contributed by atoms with van der Waals surface area (Å²) < 4.78 is 12.6. The number of rotatable bonds is 3. The number of carbonyl (C=O) groups excluding carboxylic acids is 1. The van der Waals surface area contributed by atoms with Gasteiger partial charge in [-0.1, -0.05) is 13.0 Å². The van der Waals surface area contributed by atoms with Crippen LogP contribution in [-0.4, -0.2) is 28.2 Å². The molecular weight excluding hydrogens is 342 g/mol. The van der Waals surface area contributed by atoms with E-state index in [1.54, 1.807) is 4.68 Å². The molecule has 132 valence electrons. The molecule has 0 spiro atoms. The third kappa shape index (κ3) is 2.70. The molecule has 1 aromatic heterocycles. The summed E-state index contributed by atoms with van der Waals surface area (Å²) in [5, 5.41) is 5.53. The van der Waals surface area contributed by atoms with Gasteiger partial charge in [-0.05, 0) is 31.0 Å². The Morgan fingerprint density at radius 1 is 1.32 bits per heavy atom. The quantitative estimate of drug-likeness (QED) is 0.878. The number of aromatic nitrogens is 2. The predicted molar refractivity (Wildman–Crippen MR) is 95.6 cm³/mol. The highest BCUT2D eigenvalue weighted by molar-refractivity contribution is 8.00. The van der Waals surface area contributed by atoms with Crippen molar-refractivity contribution in [2.45, 2.75) is 31.6 Å². The highest BCUT2D eigenvalue weighted by Gasteiger charge is 2.32. The fraction of sp³-hybridized carbons (Fsp3) is 0.412. The van der Waals surface area contributed by atoms with E-state index in [4.69, 9.17) is 9.47 Å². The number of ether oxygens (including phenoxy) is 2. The van der Waals surface area contributed by atoms with Crippen molar-refractivity contribution in [1.82, 2.24) is 9.78 Å². The number of benzene rings is 1. The number of H-pyrrole nitrogens is 1. The maximum absolute atomic E-state index is 12.7. The number of hydrogen-bond donors (Lipinski definition) is 2. The van der Waals surface area contributed by atoms with Crippen LogP contribution in [0.5, 0.6) is 11.5 Å². The Kier molecular flexibility index (Phi) is 3.99. The van der Waals surface area contributed by atoms with Gasteiger partial charge in [-0.15, -0.1) is 11.8 Å². The van der Waals surface area contributed by atoms with Gasteiger partial charge in [0.15, 0.2) is 11.5 Å². The van der Waals surface area contributed by atoms with Crippen molar-refractivity contribution >= 4 is 23.5 Å². The lowest BCUT2D eigenvalue weighted by atomic mass is 10.1. The minimum atomic E-state index is -0.252. The number of carbonyl (C=O) groups is 1. The van der Waals surface area contributed by atoms with Gasteiger partial charge in [-0.25, -0.2) is 0 Å². The molecule has 2 aliphatic heterocycles. The number of hydrogen-bond acceptors (Lipinski definition) is 5. The molecule has 2 N–H and O–H groups in total. The van der Waals surface area contributed by atoms with Gasteiger partial charge in [0, 0.05) is 6.04 Å². The zero-order valence-corrected chi connectivity index (χ0v) is 14.8. The minimum Gasteiger partial charge on any atom is -0.454 e. The van der Waals surface area contributed by atoms with Crippen molar-refractivity contribution in [1.29, 1.82) is 0 Å². The second-order valence-electron chi connectivity index (χ2n) is 6.18. The molecule has 7 nitrogen and oxygen atoms in total. The van der Waals surface area contributed by atoms with Crippen LogP contribution < -0.4 is 20.3 Å². The molecule has 1 aromatic carbocycles. The smallest absolute Gasteiger partial charge is 0.270 e. The van der Waals surface area contributed by atoms with Crippen molar-refractivity contribution in [3.63, 3.8) is 0 Å². The van der Waals surface area contributed by atoms with E-state index in [2.05, 4.69) is 10.4 Å². The van der Waals surface area contributed by atoms with E-state index in [1.807, 2.05) is 32.0 Å². The number of amides is 1. The normalized spacial score (nSPS) is 19.9. The van der Waals surface area contributed by atoms with Gasteiger partial charge in [0.2, 0.25) is 12.7 Å². The maximum atomic E-state index is 12.7. The third-order valence-electron chi connectivity index (χ3n) is 4.59. The van der Waals surface area contributed by atoms with Crippen LogP contribution in [0.25, 0.3) is 0 Å². The predicted octanol–water partition coefficient (Wildman–Crippen LogP) is 2.65. The van der Waals surface area contributed by atoms with E-state index < -0.39 is 0 Å². The number of thioether (sulfide) groups is 1. The van der Waals surface area contributed by atoms with Crippen molar-refractivity contribution in [2.24, 2.45) is 0 Å². The summed E-state index contributed by atoms with van der Waals surface area (Å²) in [7, 11) is 0. The van der Waals surface area contributed by atoms with Crippen molar-refractivity contribution in [3.8, 4) is 11.5 Å². The fourth-order valence-electron chi connectivity index (χ4n) is 3.10. The highest BCUT2D eigenvalue weighted by atomic mass is 32.2. The molecule has 0 saturated carbocycles. The van der Waals surface area contributed by atoms with Gasteiger partial charge < -0.3 is 14.8 Å². The Hall–Kier alpha value is -2.35. The summed E-state index contributed by atoms with van der Waals surface area (Å²) in [5.74, 6) is 2.11. The van der Waals surface area contributed by atoms with Crippen LogP contribution in [0.3, 0.4) is 0 Å². The van der Waals surface area contributed by atoms with Crippen LogP contribution in [-0.2, 0) is 4.79 Å². The summed E-state index contributed by atoms with van der Waals surface area (Å²) in [4.78, 5) is 24.9. The van der Waals surface area contributed by atoms with Gasteiger partial charge in [0.05, 0.1) is 16.6 Å². The molecule has 0 fully saturated rings. The summed E-state index contributed by atoms with van der Waals surface area (Å²) in [5.41, 5.74) is 1.32. The first-order chi connectivity index (χ1) is 12.1. The lowest BCUT2D eigenvalue weighted by Crippen LogP contribution is -2.18. The maximum Gasteiger partial charge on any atom is 0.270 e. The molecule has 1 amide bonds. The largest absolute Gasteiger partial charge is 0.454 e. The number of fused-ring (bicyclic) bond motifs is 2. The second kappa shape index (κ2) is 6.18. The second-order valence-corrected chi connectivity index (χ2v) is 7.28. The van der Waals surface area contributed by atoms with Crippen LogP contribution in [0.15, 0.2) is 23.0 Å². The molecule has 0 radical (unpaired) electrons. The summed E-state index contributed by atoms with van der Waals surface area (Å²) in [6, 6.07) is 5.74. The zero-order chi connectivity index (χ0) is 17.6. The molecule has 4 rings (SSSR count). The molecule has 25 heavy (non-hydrogen) atoms. The van der Waals surface area contributed by atoms with Gasteiger partial charge >= 0.3 is 0 Å². The first-order valence-corrected chi connectivity index (χ1v) is 9.28. The standard InChI is InChI=1S/C17H19N3O4S/c1-3-9(2)20-16-14(17(22)19-20)15(25-7-13(21)18-16)10-4-5-11-12(6-10)24-8-23-11/h4-6,9,15H,3,7-8H2,1-2H3,(H,18,21)(H,19,22)/t9-,15+/m0/s1. The van der Waals surface area contributed by atoms with E-state index in [-0.39, 0.29) is 35.3 Å². The van der Waals surface area contributed by atoms with Crippen LogP contribution in [0, 0.1) is 0 Å². The SMILES string of the molecule is CC[C@H](C)n1[nH]c(=O)c2c1NC(=O)CS[C@@H]2c1ccc2c(c1)OCO2. The number of anilines is 1.